The van der Waals surface area contributed by atoms with Crippen molar-refractivity contribution in [2.24, 2.45) is 0 Å². The van der Waals surface area contributed by atoms with Gasteiger partial charge in [-0.2, -0.15) is 0 Å². The summed E-state index contributed by atoms with van der Waals surface area (Å²) >= 11 is 0. The fourth-order valence-corrected chi connectivity index (χ4v) is 1.32. The van der Waals surface area contributed by atoms with Crippen LogP contribution in [0, 0.1) is 0 Å². The van der Waals surface area contributed by atoms with Crippen LogP contribution >= 0.6 is 0 Å². The fourth-order valence-electron chi connectivity index (χ4n) is 1.32. The molecule has 0 saturated carbocycles. The molecule has 1 aromatic heterocycles. The van der Waals surface area contributed by atoms with Gasteiger partial charge in [0.1, 0.15) is 17.7 Å². The van der Waals surface area contributed by atoms with E-state index in [4.69, 9.17) is 5.11 Å². The van der Waals surface area contributed by atoms with Crippen molar-refractivity contribution in [3.63, 3.8) is 0 Å². The topological polar surface area (TPSA) is 95.1 Å². The van der Waals surface area contributed by atoms with Crippen molar-refractivity contribution in [3.05, 3.63) is 34.9 Å². The summed E-state index contributed by atoms with van der Waals surface area (Å²) in [4.78, 5) is 28.8. The van der Waals surface area contributed by atoms with Gasteiger partial charge in [0.2, 0.25) is 0 Å². The quantitative estimate of drug-likeness (QED) is 0.635. The maximum Gasteiger partial charge on any atom is 0.326 e. The second kappa shape index (κ2) is 5.83. The van der Waals surface area contributed by atoms with Crippen molar-refractivity contribution in [1.82, 2.24) is 9.97 Å². The molecule has 3 N–H and O–H groups in total. The smallest absolute Gasteiger partial charge is 0.326 e. The summed E-state index contributed by atoms with van der Waals surface area (Å²) in [7, 11) is 0. The van der Waals surface area contributed by atoms with Gasteiger partial charge in [-0.25, -0.2) is 9.78 Å². The Bertz CT molecular complexity index is 467. The molecule has 0 aliphatic rings. The number of carboxylic acids is 1. The first-order chi connectivity index (χ1) is 8.06. The Hall–Kier alpha value is -2.11. The molecule has 0 aromatic carbocycles. The molecule has 1 rings (SSSR count). The molecule has 0 bridgehead atoms. The molecule has 0 fully saturated rings. The number of carboxylic acid groups (broad SMARTS) is 1. The summed E-state index contributed by atoms with van der Waals surface area (Å²) in [5, 5.41) is 11.6. The van der Waals surface area contributed by atoms with Crippen molar-refractivity contribution in [2.75, 3.05) is 5.32 Å². The molecule has 6 nitrogen and oxygen atoms in total. The Labute approximate surface area is 98.4 Å². The van der Waals surface area contributed by atoms with Crippen molar-refractivity contribution in [3.8, 4) is 0 Å². The average Bonchev–Trinajstić information content (AvgIpc) is 2.27. The molecular formula is C11H15N3O3. The Kier molecular flexibility index (Phi) is 4.45. The largest absolute Gasteiger partial charge is 0.480 e. The van der Waals surface area contributed by atoms with Crippen LogP contribution < -0.4 is 10.9 Å². The van der Waals surface area contributed by atoms with E-state index in [0.29, 0.717) is 12.2 Å². The standard InChI is InChI=1S/C11H15N3O3/c1-3-5-7(11(16)17)12-9-6-10(15)14-8(4-2)13-9/h3,6-7H,1,4-5H2,2H3,(H,16,17)(H2,12,13,14,15). The number of aryl methyl sites for hydroxylation is 1. The summed E-state index contributed by atoms with van der Waals surface area (Å²) in [6, 6.07) is 0.407. The number of anilines is 1. The summed E-state index contributed by atoms with van der Waals surface area (Å²) in [6.45, 7) is 5.33. The zero-order valence-corrected chi connectivity index (χ0v) is 9.56. The number of H-pyrrole nitrogens is 1. The summed E-state index contributed by atoms with van der Waals surface area (Å²) in [5.74, 6) is -0.229. The van der Waals surface area contributed by atoms with Crippen molar-refractivity contribution >= 4 is 11.8 Å². The highest BCUT2D eigenvalue weighted by atomic mass is 16.4. The molecule has 0 radical (unpaired) electrons. The maximum absolute atomic E-state index is 11.3. The first-order valence-electron chi connectivity index (χ1n) is 5.27. The predicted molar refractivity (Wildman–Crippen MR) is 64.1 cm³/mol. The molecular weight excluding hydrogens is 222 g/mol. The molecule has 0 spiro atoms. The number of aliphatic carboxylic acids is 1. The van der Waals surface area contributed by atoms with Crippen LogP contribution in [-0.4, -0.2) is 27.1 Å². The van der Waals surface area contributed by atoms with E-state index >= 15 is 0 Å². The Morgan fingerprint density at radius 3 is 3.00 bits per heavy atom. The lowest BCUT2D eigenvalue weighted by atomic mass is 10.2. The average molecular weight is 237 g/mol. The van der Waals surface area contributed by atoms with Crippen LogP contribution in [0.15, 0.2) is 23.5 Å². The minimum absolute atomic E-state index is 0.255. The van der Waals surface area contributed by atoms with Gasteiger partial charge < -0.3 is 15.4 Å². The van der Waals surface area contributed by atoms with Crippen LogP contribution in [-0.2, 0) is 11.2 Å². The molecule has 92 valence electrons. The van der Waals surface area contributed by atoms with E-state index in [1.807, 2.05) is 6.92 Å². The number of aromatic amines is 1. The molecule has 0 amide bonds. The molecule has 0 saturated heterocycles. The monoisotopic (exact) mass is 237 g/mol. The van der Waals surface area contributed by atoms with Gasteiger partial charge in [-0.1, -0.05) is 13.0 Å². The van der Waals surface area contributed by atoms with Gasteiger partial charge in [0.05, 0.1) is 0 Å². The third-order valence-corrected chi connectivity index (χ3v) is 2.15. The highest BCUT2D eigenvalue weighted by Crippen LogP contribution is 2.05. The minimum atomic E-state index is -1.01. The highest BCUT2D eigenvalue weighted by Gasteiger charge is 2.16. The van der Waals surface area contributed by atoms with Gasteiger partial charge in [-0.3, -0.25) is 4.79 Å². The van der Waals surface area contributed by atoms with Gasteiger partial charge in [0, 0.05) is 12.5 Å². The molecule has 1 heterocycles. The zero-order valence-electron chi connectivity index (χ0n) is 9.56. The molecule has 0 aliphatic heterocycles. The van der Waals surface area contributed by atoms with E-state index in [1.54, 1.807) is 0 Å². The normalized spacial score (nSPS) is 11.8. The van der Waals surface area contributed by atoms with Gasteiger partial charge >= 0.3 is 5.97 Å². The van der Waals surface area contributed by atoms with Crippen LogP contribution in [0.25, 0.3) is 0 Å². The van der Waals surface area contributed by atoms with Crippen LogP contribution in [0.3, 0.4) is 0 Å². The molecule has 0 aliphatic carbocycles. The van der Waals surface area contributed by atoms with E-state index in [0.717, 1.165) is 0 Å². The SMILES string of the molecule is C=CCC(Nc1cc(=O)[nH]c(CC)n1)C(=O)O. The van der Waals surface area contributed by atoms with Gasteiger partial charge in [-0.15, -0.1) is 6.58 Å². The van der Waals surface area contributed by atoms with Crippen LogP contribution in [0.1, 0.15) is 19.2 Å². The van der Waals surface area contributed by atoms with Crippen molar-refractivity contribution in [1.29, 1.82) is 0 Å². The van der Waals surface area contributed by atoms with Crippen LogP contribution in [0.5, 0.6) is 0 Å². The minimum Gasteiger partial charge on any atom is -0.480 e. The second-order valence-electron chi connectivity index (χ2n) is 3.49. The number of hydrogen-bond acceptors (Lipinski definition) is 4. The second-order valence-corrected chi connectivity index (χ2v) is 3.49. The van der Waals surface area contributed by atoms with Gasteiger partial charge in [-0.05, 0) is 6.42 Å². The lowest BCUT2D eigenvalue weighted by molar-refractivity contribution is -0.137. The lowest BCUT2D eigenvalue weighted by Gasteiger charge is -2.13. The molecule has 17 heavy (non-hydrogen) atoms. The summed E-state index contributed by atoms with van der Waals surface area (Å²) in [6.07, 6.45) is 2.33. The van der Waals surface area contributed by atoms with Gasteiger partial charge in [0.25, 0.3) is 5.56 Å². The lowest BCUT2D eigenvalue weighted by Crippen LogP contribution is -2.30. The van der Waals surface area contributed by atoms with Crippen LogP contribution in [0.2, 0.25) is 0 Å². The van der Waals surface area contributed by atoms with E-state index in [1.165, 1.54) is 12.1 Å². The number of hydrogen-bond donors (Lipinski definition) is 3. The highest BCUT2D eigenvalue weighted by molar-refractivity contribution is 5.77. The summed E-state index contributed by atoms with van der Waals surface area (Å²) < 4.78 is 0. The third-order valence-electron chi connectivity index (χ3n) is 2.15. The van der Waals surface area contributed by atoms with E-state index in [2.05, 4.69) is 21.9 Å². The number of aromatic nitrogens is 2. The number of rotatable bonds is 6. The van der Waals surface area contributed by atoms with E-state index < -0.39 is 12.0 Å². The van der Waals surface area contributed by atoms with Crippen molar-refractivity contribution < 1.29 is 9.90 Å². The fraction of sp³-hybridized carbons (Fsp3) is 0.364. The van der Waals surface area contributed by atoms with E-state index in [9.17, 15) is 9.59 Å². The van der Waals surface area contributed by atoms with Gasteiger partial charge in [0.15, 0.2) is 0 Å². The molecule has 1 atom stereocenters. The zero-order chi connectivity index (χ0) is 12.8. The first kappa shape index (κ1) is 13.0. The van der Waals surface area contributed by atoms with E-state index in [-0.39, 0.29) is 17.8 Å². The molecule has 1 aromatic rings. The Morgan fingerprint density at radius 2 is 2.47 bits per heavy atom. The maximum atomic E-state index is 11.3. The number of nitrogens with zero attached hydrogens (tertiary/aromatic N) is 1. The Morgan fingerprint density at radius 1 is 1.76 bits per heavy atom. The number of nitrogens with one attached hydrogen (secondary N) is 2. The number of carbonyl (C=O) groups is 1. The first-order valence-corrected chi connectivity index (χ1v) is 5.27. The predicted octanol–water partition coefficient (Wildman–Crippen LogP) is 0.773. The third kappa shape index (κ3) is 3.75. The summed E-state index contributed by atoms with van der Waals surface area (Å²) in [5.41, 5.74) is -0.304. The van der Waals surface area contributed by atoms with Crippen LogP contribution in [0.4, 0.5) is 5.82 Å². The molecule has 6 heteroatoms. The van der Waals surface area contributed by atoms with Crippen molar-refractivity contribution in [2.45, 2.75) is 25.8 Å². The Balaban J connectivity index is 2.92. The molecule has 1 unspecified atom stereocenters.